The monoisotopic (exact) mass is 438 g/mol. The molecule has 1 aliphatic rings. The smallest absolute Gasteiger partial charge is 0.235 e. The van der Waals surface area contributed by atoms with Crippen LogP contribution in [0.4, 0.5) is 0 Å². The van der Waals surface area contributed by atoms with E-state index >= 15 is 0 Å². The van der Waals surface area contributed by atoms with Crippen LogP contribution >= 0.6 is 11.3 Å². The predicted octanol–water partition coefficient (Wildman–Crippen LogP) is 2.97. The van der Waals surface area contributed by atoms with Crippen LogP contribution in [0, 0.1) is 5.92 Å². The van der Waals surface area contributed by atoms with E-state index in [1.54, 1.807) is 12.5 Å². The maximum Gasteiger partial charge on any atom is 0.235 e. The van der Waals surface area contributed by atoms with Crippen LogP contribution < -0.4 is 10.6 Å². The van der Waals surface area contributed by atoms with E-state index in [1.165, 1.54) is 11.3 Å². The molecule has 1 aliphatic heterocycles. The maximum atomic E-state index is 12.8. The summed E-state index contributed by atoms with van der Waals surface area (Å²) in [4.78, 5) is 31.7. The first-order chi connectivity index (χ1) is 15.2. The Hall–Kier alpha value is -2.97. The molecule has 0 spiro atoms. The molecule has 1 unspecified atom stereocenters. The number of amides is 2. The second kappa shape index (κ2) is 10.4. The van der Waals surface area contributed by atoms with Gasteiger partial charge in [0.05, 0.1) is 19.4 Å². The fraction of sp³-hybridized carbons (Fsp3) is 0.348. The van der Waals surface area contributed by atoms with E-state index in [4.69, 9.17) is 4.42 Å². The normalized spacial score (nSPS) is 16.0. The average Bonchev–Trinajstić information content (AvgIpc) is 3.51. The molecule has 1 saturated heterocycles. The van der Waals surface area contributed by atoms with E-state index in [0.717, 1.165) is 42.3 Å². The summed E-state index contributed by atoms with van der Waals surface area (Å²) >= 11 is 1.53. The van der Waals surface area contributed by atoms with Gasteiger partial charge in [0.25, 0.3) is 0 Å². The molecule has 0 aliphatic carbocycles. The van der Waals surface area contributed by atoms with Crippen LogP contribution in [0.15, 0.2) is 64.7 Å². The minimum absolute atomic E-state index is 0.0262. The van der Waals surface area contributed by atoms with Crippen molar-refractivity contribution in [2.45, 2.75) is 25.4 Å². The molecule has 2 N–H and O–H groups in total. The van der Waals surface area contributed by atoms with E-state index in [-0.39, 0.29) is 23.8 Å². The van der Waals surface area contributed by atoms with Gasteiger partial charge >= 0.3 is 0 Å². The lowest BCUT2D eigenvalue weighted by atomic mass is 9.96. The fourth-order valence-corrected chi connectivity index (χ4v) is 4.52. The van der Waals surface area contributed by atoms with E-state index < -0.39 is 0 Å². The van der Waals surface area contributed by atoms with Crippen LogP contribution in [-0.4, -0.2) is 41.3 Å². The van der Waals surface area contributed by atoms with Gasteiger partial charge in [-0.1, -0.05) is 30.3 Å². The Bertz CT molecular complexity index is 952. The summed E-state index contributed by atoms with van der Waals surface area (Å²) in [6.45, 7) is 2.17. The molecule has 3 heterocycles. The summed E-state index contributed by atoms with van der Waals surface area (Å²) in [7, 11) is 0. The molecule has 0 saturated carbocycles. The van der Waals surface area contributed by atoms with Crippen molar-refractivity contribution in [1.29, 1.82) is 0 Å². The van der Waals surface area contributed by atoms with Gasteiger partial charge in [0.15, 0.2) is 0 Å². The van der Waals surface area contributed by atoms with Crippen molar-refractivity contribution < 1.29 is 14.0 Å². The van der Waals surface area contributed by atoms with Gasteiger partial charge < -0.3 is 15.1 Å². The number of carbonyl (C=O) groups is 2. The number of furan rings is 1. The second-order valence-electron chi connectivity index (χ2n) is 7.63. The van der Waals surface area contributed by atoms with Gasteiger partial charge in [0.2, 0.25) is 11.8 Å². The third kappa shape index (κ3) is 5.80. The predicted molar refractivity (Wildman–Crippen MR) is 118 cm³/mol. The Kier molecular flexibility index (Phi) is 7.11. The minimum atomic E-state index is -0.251. The van der Waals surface area contributed by atoms with E-state index in [1.807, 2.05) is 47.8 Å². The zero-order valence-corrected chi connectivity index (χ0v) is 18.0. The molecule has 3 aromatic rings. The third-order valence-corrected chi connectivity index (χ3v) is 6.32. The number of hydrogen-bond acceptors (Lipinski definition) is 6. The van der Waals surface area contributed by atoms with Crippen LogP contribution in [0.1, 0.15) is 35.2 Å². The average molecular weight is 439 g/mol. The van der Waals surface area contributed by atoms with Crippen LogP contribution in [0.25, 0.3) is 0 Å². The van der Waals surface area contributed by atoms with Crippen LogP contribution in [0.3, 0.4) is 0 Å². The fourth-order valence-electron chi connectivity index (χ4n) is 3.80. The summed E-state index contributed by atoms with van der Waals surface area (Å²) in [5, 5.41) is 8.85. The molecule has 31 heavy (non-hydrogen) atoms. The highest BCUT2D eigenvalue weighted by Gasteiger charge is 2.27. The van der Waals surface area contributed by atoms with E-state index in [9.17, 15) is 9.59 Å². The quantitative estimate of drug-likeness (QED) is 0.565. The summed E-state index contributed by atoms with van der Waals surface area (Å²) in [5.41, 5.74) is 1.01. The lowest BCUT2D eigenvalue weighted by Gasteiger charge is -2.31. The lowest BCUT2D eigenvalue weighted by Crippen LogP contribution is -2.45. The molecular weight excluding hydrogens is 412 g/mol. The van der Waals surface area contributed by atoms with Crippen molar-refractivity contribution in [3.8, 4) is 0 Å². The molecule has 0 bridgehead atoms. The van der Waals surface area contributed by atoms with Gasteiger partial charge in [0.1, 0.15) is 16.8 Å². The molecule has 0 radical (unpaired) electrons. The summed E-state index contributed by atoms with van der Waals surface area (Å²) in [6, 6.07) is 13.3. The molecule has 8 heteroatoms. The molecule has 1 fully saturated rings. The van der Waals surface area contributed by atoms with Gasteiger partial charge in [-0.3, -0.25) is 14.5 Å². The molecule has 4 rings (SSSR count). The zero-order chi connectivity index (χ0) is 21.5. The van der Waals surface area contributed by atoms with Crippen molar-refractivity contribution in [1.82, 2.24) is 20.5 Å². The highest BCUT2D eigenvalue weighted by molar-refractivity contribution is 7.09. The van der Waals surface area contributed by atoms with E-state index in [0.29, 0.717) is 13.1 Å². The highest BCUT2D eigenvalue weighted by atomic mass is 32.1. The standard InChI is InChI=1S/C23H26N4O3S/c28-20(26-21(23-24-10-14-31-23)17-5-2-1-3-6-17)16-27-11-8-18(9-12-27)22(29)25-15-19-7-4-13-30-19/h1-7,10,13-14,18,21H,8-9,11-12,15-16H2,(H,25,29)(H,26,28). The molecular formula is C23H26N4O3S. The number of aromatic nitrogens is 1. The van der Waals surface area contributed by atoms with Gasteiger partial charge in [-0.05, 0) is 43.6 Å². The minimum Gasteiger partial charge on any atom is -0.467 e. The number of hydrogen-bond donors (Lipinski definition) is 2. The number of carbonyl (C=O) groups excluding carboxylic acids is 2. The van der Waals surface area contributed by atoms with Gasteiger partial charge in [-0.15, -0.1) is 11.3 Å². The topological polar surface area (TPSA) is 87.5 Å². The molecule has 7 nitrogen and oxygen atoms in total. The Labute approximate surface area is 185 Å². The Morgan fingerprint density at radius 3 is 2.65 bits per heavy atom. The van der Waals surface area contributed by atoms with Gasteiger partial charge in [-0.25, -0.2) is 4.98 Å². The van der Waals surface area contributed by atoms with Crippen LogP contribution in [-0.2, 0) is 16.1 Å². The first-order valence-electron chi connectivity index (χ1n) is 10.4. The number of nitrogens with zero attached hydrogens (tertiary/aromatic N) is 2. The Balaban J connectivity index is 1.26. The van der Waals surface area contributed by atoms with Crippen molar-refractivity contribution in [2.24, 2.45) is 5.92 Å². The van der Waals surface area contributed by atoms with Crippen LogP contribution in [0.2, 0.25) is 0 Å². The van der Waals surface area contributed by atoms with Crippen molar-refractivity contribution in [3.05, 3.63) is 76.6 Å². The largest absolute Gasteiger partial charge is 0.467 e. The number of rotatable bonds is 8. The SMILES string of the molecule is O=C(CN1CCC(C(=O)NCc2ccco2)CC1)NC(c1ccccc1)c1nccs1. The Morgan fingerprint density at radius 2 is 1.97 bits per heavy atom. The third-order valence-electron chi connectivity index (χ3n) is 5.48. The first-order valence-corrected chi connectivity index (χ1v) is 11.3. The highest BCUT2D eigenvalue weighted by Crippen LogP contribution is 2.24. The van der Waals surface area contributed by atoms with Gasteiger partial charge in [0, 0.05) is 17.5 Å². The van der Waals surface area contributed by atoms with Crippen molar-refractivity contribution in [2.75, 3.05) is 19.6 Å². The number of likely N-dealkylation sites (tertiary alicyclic amines) is 1. The van der Waals surface area contributed by atoms with Crippen molar-refractivity contribution >= 4 is 23.2 Å². The Morgan fingerprint density at radius 1 is 1.16 bits per heavy atom. The van der Waals surface area contributed by atoms with Gasteiger partial charge in [-0.2, -0.15) is 0 Å². The van der Waals surface area contributed by atoms with Crippen LogP contribution in [0.5, 0.6) is 0 Å². The first kappa shape index (κ1) is 21.3. The lowest BCUT2D eigenvalue weighted by molar-refractivity contribution is -0.127. The molecule has 2 amide bonds. The molecule has 1 atom stereocenters. The second-order valence-corrected chi connectivity index (χ2v) is 8.56. The summed E-state index contributed by atoms with van der Waals surface area (Å²) < 4.78 is 5.25. The molecule has 162 valence electrons. The number of nitrogens with one attached hydrogen (secondary N) is 2. The molecule has 1 aromatic carbocycles. The maximum absolute atomic E-state index is 12.8. The number of benzene rings is 1. The number of thiazole rings is 1. The van der Waals surface area contributed by atoms with E-state index in [2.05, 4.69) is 20.5 Å². The summed E-state index contributed by atoms with van der Waals surface area (Å²) in [5.74, 6) is 0.732. The van der Waals surface area contributed by atoms with Crippen molar-refractivity contribution in [3.63, 3.8) is 0 Å². The molecule has 2 aromatic heterocycles. The summed E-state index contributed by atoms with van der Waals surface area (Å²) in [6.07, 6.45) is 4.84. The zero-order valence-electron chi connectivity index (χ0n) is 17.2. The number of piperidine rings is 1.